The minimum atomic E-state index is -2.45. The van der Waals surface area contributed by atoms with Gasteiger partial charge in [-0.15, -0.1) is 22.2 Å². The molecule has 0 spiro atoms. The molecule has 0 aromatic rings. The summed E-state index contributed by atoms with van der Waals surface area (Å²) in [6.45, 7) is 13.7. The van der Waals surface area contributed by atoms with Gasteiger partial charge in [0, 0.05) is 0 Å². The van der Waals surface area contributed by atoms with E-state index in [4.69, 9.17) is 22.2 Å². The van der Waals surface area contributed by atoms with Crippen molar-refractivity contribution in [2.45, 2.75) is 39.3 Å². The smallest absolute Gasteiger partial charge is 0.313 e. The minimum absolute atomic E-state index is 1.43. The van der Waals surface area contributed by atoms with Crippen LogP contribution in [0.15, 0.2) is 0 Å². The monoisotopic (exact) mass is 302 g/mol. The van der Waals surface area contributed by atoms with Crippen molar-refractivity contribution in [2.75, 3.05) is 14.1 Å². The number of nitrogens with zero attached hydrogens (tertiary/aromatic N) is 2. The Morgan fingerprint density at radius 3 is 1.00 bits per heavy atom. The van der Waals surface area contributed by atoms with E-state index in [0.29, 0.717) is 0 Å². The molecule has 0 saturated carbocycles. The predicted molar refractivity (Wildman–Crippen MR) is 79.7 cm³/mol. The lowest BCUT2D eigenvalue weighted by Crippen LogP contribution is -2.68. The maximum atomic E-state index is 6.63. The van der Waals surface area contributed by atoms with Crippen molar-refractivity contribution in [1.29, 1.82) is 0 Å². The van der Waals surface area contributed by atoms with Crippen LogP contribution >= 0.6 is 22.2 Å². The van der Waals surface area contributed by atoms with E-state index >= 15 is 0 Å². The van der Waals surface area contributed by atoms with Crippen molar-refractivity contribution >= 4 is 45.6 Å². The quantitative estimate of drug-likeness (QED) is 0.580. The van der Waals surface area contributed by atoms with Crippen LogP contribution in [-0.2, 0) is 0 Å². The lowest BCUT2D eigenvalue weighted by molar-refractivity contribution is 0.661. The third-order valence-electron chi connectivity index (χ3n) is 2.82. The summed E-state index contributed by atoms with van der Waals surface area (Å²) in [7, 11) is -1.14. The van der Waals surface area contributed by atoms with Gasteiger partial charge in [0.25, 0.3) is 0 Å². The first kappa shape index (κ1) is 16.2. The molecule has 0 aromatic carbocycles. The highest BCUT2D eigenvalue weighted by molar-refractivity contribution is 7.46. The van der Waals surface area contributed by atoms with Crippen LogP contribution in [0.1, 0.15) is 0 Å². The zero-order valence-corrected chi connectivity index (χ0v) is 15.7. The molecule has 0 atom stereocenters. The molecular weight excluding hydrogens is 279 g/mol. The van der Waals surface area contributed by atoms with Crippen molar-refractivity contribution in [2.24, 2.45) is 0 Å². The second-order valence-corrected chi connectivity index (χ2v) is 23.0. The predicted octanol–water partition coefficient (Wildman–Crippen LogP) is 3.43. The van der Waals surface area contributed by atoms with Crippen LogP contribution in [0.25, 0.3) is 0 Å². The first-order chi connectivity index (χ1) is 6.31. The molecule has 92 valence electrons. The van der Waals surface area contributed by atoms with E-state index < -0.39 is 23.5 Å². The maximum absolute atomic E-state index is 6.63. The molecule has 0 aliphatic heterocycles. The molecule has 0 radical (unpaired) electrons. The maximum Gasteiger partial charge on any atom is 0.394 e. The zero-order valence-electron chi connectivity index (χ0n) is 11.2. The zero-order chi connectivity index (χ0) is 12.7. The molecule has 0 bridgehead atoms. The van der Waals surface area contributed by atoms with Crippen LogP contribution in [-0.4, -0.2) is 46.0 Å². The Bertz CT molecular complexity index is 201. The Labute approximate surface area is 107 Å². The van der Waals surface area contributed by atoms with E-state index in [1.807, 2.05) is 0 Å². The van der Waals surface area contributed by atoms with Crippen molar-refractivity contribution in [3.05, 3.63) is 0 Å². The fourth-order valence-corrected chi connectivity index (χ4v) is 18.3. The summed E-state index contributed by atoms with van der Waals surface area (Å²) in [5.41, 5.74) is 0. The normalized spacial score (nSPS) is 15.2. The highest BCUT2D eigenvalue weighted by atomic mass is 35.7. The molecule has 0 aliphatic rings. The second kappa shape index (κ2) is 4.80. The topological polar surface area (TPSA) is 6.48 Å². The summed E-state index contributed by atoms with van der Waals surface area (Å²) in [5, 5.41) is 0. The van der Waals surface area contributed by atoms with Gasteiger partial charge in [-0.2, -0.15) is 0 Å². The number of hydrogen-bond acceptors (Lipinski definition) is 2. The lowest BCUT2D eigenvalue weighted by Gasteiger charge is -2.46. The summed E-state index contributed by atoms with van der Waals surface area (Å²) in [6.07, 6.45) is 0. The molecule has 0 rings (SSSR count). The Kier molecular flexibility index (Phi) is 5.16. The van der Waals surface area contributed by atoms with Crippen LogP contribution in [0.3, 0.4) is 0 Å². The standard InChI is InChI=1S/C8H24Cl2N2Si3/c1-11(13(3,4)5)15(9,10)12(2)14(6,7)8/h1-8H3. The van der Waals surface area contributed by atoms with Gasteiger partial charge in [0.15, 0.2) is 0 Å². The van der Waals surface area contributed by atoms with Crippen molar-refractivity contribution in [3.8, 4) is 0 Å². The number of rotatable bonds is 4. The molecule has 0 fully saturated rings. The molecule has 0 N–H and O–H groups in total. The highest BCUT2D eigenvalue weighted by Gasteiger charge is 2.48. The fraction of sp³-hybridized carbons (Fsp3) is 1.00. The van der Waals surface area contributed by atoms with Gasteiger partial charge in [-0.1, -0.05) is 39.3 Å². The minimum Gasteiger partial charge on any atom is -0.313 e. The van der Waals surface area contributed by atoms with Crippen LogP contribution < -0.4 is 0 Å². The van der Waals surface area contributed by atoms with Crippen molar-refractivity contribution < 1.29 is 0 Å². The second-order valence-electron chi connectivity index (χ2n) is 5.97. The Hall–Kier alpha value is 1.15. The van der Waals surface area contributed by atoms with Gasteiger partial charge in [0.1, 0.15) is 16.5 Å². The number of hydrogen-bond donors (Lipinski definition) is 0. The molecule has 0 heterocycles. The molecule has 0 aromatic heterocycles. The van der Waals surface area contributed by atoms with Crippen LogP contribution in [0, 0.1) is 0 Å². The van der Waals surface area contributed by atoms with Crippen LogP contribution in [0.2, 0.25) is 39.3 Å². The Morgan fingerprint density at radius 2 is 0.867 bits per heavy atom. The third kappa shape index (κ3) is 4.14. The molecule has 2 nitrogen and oxygen atoms in total. The average molecular weight is 303 g/mol. The van der Waals surface area contributed by atoms with E-state index in [1.165, 1.54) is 0 Å². The summed E-state index contributed by atoms with van der Waals surface area (Å²) in [4.78, 5) is 0. The SMILES string of the molecule is CN([Si](C)(C)C)[Si](Cl)(Cl)N(C)[Si](C)(C)C. The van der Waals surface area contributed by atoms with Gasteiger partial charge < -0.3 is 8.46 Å². The van der Waals surface area contributed by atoms with Gasteiger partial charge in [-0.05, 0) is 14.1 Å². The number of halogens is 2. The van der Waals surface area contributed by atoms with Crippen molar-refractivity contribution in [3.63, 3.8) is 0 Å². The van der Waals surface area contributed by atoms with E-state index in [0.717, 1.165) is 0 Å². The first-order valence-electron chi connectivity index (χ1n) is 5.17. The van der Waals surface area contributed by atoms with Gasteiger partial charge in [0.2, 0.25) is 0 Å². The van der Waals surface area contributed by atoms with E-state index in [2.05, 4.69) is 61.8 Å². The molecular formula is C8H24Cl2N2Si3. The summed E-state index contributed by atoms with van der Waals surface area (Å²) in [6, 6.07) is 0. The van der Waals surface area contributed by atoms with Gasteiger partial charge >= 0.3 is 7.02 Å². The fourth-order valence-electron chi connectivity index (χ4n) is 1.03. The van der Waals surface area contributed by atoms with E-state index in [1.54, 1.807) is 0 Å². The Morgan fingerprint density at radius 1 is 0.667 bits per heavy atom. The van der Waals surface area contributed by atoms with Gasteiger partial charge in [-0.3, -0.25) is 0 Å². The third-order valence-corrected chi connectivity index (χ3v) is 19.2. The average Bonchev–Trinajstić information content (AvgIpc) is 1.98. The molecule has 0 aliphatic carbocycles. The molecule has 15 heavy (non-hydrogen) atoms. The molecule has 0 unspecified atom stereocenters. The van der Waals surface area contributed by atoms with Crippen LogP contribution in [0.5, 0.6) is 0 Å². The molecule has 0 saturated heterocycles. The first-order valence-corrected chi connectivity index (χ1v) is 16.0. The van der Waals surface area contributed by atoms with Gasteiger partial charge in [0.05, 0.1) is 0 Å². The largest absolute Gasteiger partial charge is 0.394 e. The Balaban J connectivity index is 4.98. The molecule has 7 heteroatoms. The summed E-state index contributed by atoms with van der Waals surface area (Å²) >= 11 is 13.3. The summed E-state index contributed by atoms with van der Waals surface area (Å²) < 4.78 is 4.53. The summed E-state index contributed by atoms with van der Waals surface area (Å²) in [5.74, 6) is 0. The van der Waals surface area contributed by atoms with Gasteiger partial charge in [-0.25, -0.2) is 0 Å². The van der Waals surface area contributed by atoms with E-state index in [9.17, 15) is 0 Å². The van der Waals surface area contributed by atoms with E-state index in [-0.39, 0.29) is 0 Å². The van der Waals surface area contributed by atoms with Crippen LogP contribution in [0.4, 0.5) is 0 Å². The van der Waals surface area contributed by atoms with Crippen molar-refractivity contribution in [1.82, 2.24) is 8.46 Å². The lowest BCUT2D eigenvalue weighted by atomic mass is 11.6. The highest BCUT2D eigenvalue weighted by Crippen LogP contribution is 2.30. The molecule has 0 amide bonds.